The van der Waals surface area contributed by atoms with E-state index in [2.05, 4.69) is 4.90 Å². The molecule has 0 spiro atoms. The minimum atomic E-state index is -0.247. The average molecular weight is 276 g/mol. The van der Waals surface area contributed by atoms with E-state index >= 15 is 0 Å². The van der Waals surface area contributed by atoms with E-state index in [0.29, 0.717) is 5.56 Å². The second-order valence-electron chi connectivity index (χ2n) is 5.74. The van der Waals surface area contributed by atoms with Gasteiger partial charge in [0.05, 0.1) is 0 Å². The van der Waals surface area contributed by atoms with Gasteiger partial charge < -0.3 is 15.1 Å². The third-order valence-corrected chi connectivity index (χ3v) is 4.10. The minimum Gasteiger partial charge on any atom is -0.504 e. The Morgan fingerprint density at radius 3 is 2.40 bits per heavy atom. The number of hydrogen-bond acceptors (Lipinski definition) is 4. The normalized spacial score (nSPS) is 20.1. The van der Waals surface area contributed by atoms with Crippen molar-refractivity contribution in [1.82, 2.24) is 9.80 Å². The molecule has 1 aromatic carbocycles. The van der Waals surface area contributed by atoms with Crippen LogP contribution >= 0.6 is 0 Å². The smallest absolute Gasteiger partial charge is 0.254 e. The van der Waals surface area contributed by atoms with E-state index in [0.717, 1.165) is 32.1 Å². The van der Waals surface area contributed by atoms with Gasteiger partial charge in [-0.25, -0.2) is 0 Å². The van der Waals surface area contributed by atoms with Crippen LogP contribution < -0.4 is 0 Å². The highest BCUT2D eigenvalue weighted by Gasteiger charge is 2.28. The quantitative estimate of drug-likeness (QED) is 0.816. The second-order valence-corrected chi connectivity index (χ2v) is 5.74. The van der Waals surface area contributed by atoms with Crippen molar-refractivity contribution >= 4 is 5.91 Å². The SMILES string of the molecule is O=C(c1ccc(O)c(O)c1)N1CCN(CC2CC2)CC1. The number of phenolic OH excluding ortho intramolecular Hbond substituents is 2. The Hall–Kier alpha value is -1.75. The van der Waals surface area contributed by atoms with Gasteiger partial charge in [-0.2, -0.15) is 0 Å². The number of nitrogens with zero attached hydrogens (tertiary/aromatic N) is 2. The third-order valence-electron chi connectivity index (χ3n) is 4.10. The van der Waals surface area contributed by atoms with E-state index in [1.807, 2.05) is 4.90 Å². The Balaban J connectivity index is 1.58. The van der Waals surface area contributed by atoms with E-state index in [4.69, 9.17) is 0 Å². The fraction of sp³-hybridized carbons (Fsp3) is 0.533. The summed E-state index contributed by atoms with van der Waals surface area (Å²) in [6, 6.07) is 4.23. The van der Waals surface area contributed by atoms with Crippen molar-refractivity contribution in [3.05, 3.63) is 23.8 Å². The molecule has 5 nitrogen and oxygen atoms in total. The van der Waals surface area contributed by atoms with Gasteiger partial charge in [-0.1, -0.05) is 0 Å². The highest BCUT2D eigenvalue weighted by Crippen LogP contribution is 2.30. The first-order valence-corrected chi connectivity index (χ1v) is 7.17. The second kappa shape index (κ2) is 5.32. The molecule has 1 amide bonds. The van der Waals surface area contributed by atoms with Gasteiger partial charge in [-0.05, 0) is 37.0 Å². The highest BCUT2D eigenvalue weighted by atomic mass is 16.3. The molecule has 2 aliphatic rings. The van der Waals surface area contributed by atoms with Crippen molar-refractivity contribution < 1.29 is 15.0 Å². The van der Waals surface area contributed by atoms with Crippen LogP contribution in [0.3, 0.4) is 0 Å². The summed E-state index contributed by atoms with van der Waals surface area (Å²) < 4.78 is 0. The first kappa shape index (κ1) is 13.2. The molecule has 0 unspecified atom stereocenters. The highest BCUT2D eigenvalue weighted by molar-refractivity contribution is 5.95. The van der Waals surface area contributed by atoms with E-state index in [-0.39, 0.29) is 17.4 Å². The summed E-state index contributed by atoms with van der Waals surface area (Å²) in [6.07, 6.45) is 2.71. The Bertz CT molecular complexity index is 506. The number of aromatic hydroxyl groups is 2. The lowest BCUT2D eigenvalue weighted by atomic mass is 10.1. The molecule has 20 heavy (non-hydrogen) atoms. The minimum absolute atomic E-state index is 0.0774. The lowest BCUT2D eigenvalue weighted by Crippen LogP contribution is -2.49. The molecule has 0 radical (unpaired) electrons. The molecular weight excluding hydrogens is 256 g/mol. The molecule has 2 N–H and O–H groups in total. The van der Waals surface area contributed by atoms with Crippen LogP contribution in [0.5, 0.6) is 11.5 Å². The van der Waals surface area contributed by atoms with Crippen LogP contribution in [0.4, 0.5) is 0 Å². The number of benzene rings is 1. The maximum Gasteiger partial charge on any atom is 0.254 e. The van der Waals surface area contributed by atoms with Crippen molar-refractivity contribution in [3.63, 3.8) is 0 Å². The molecule has 1 aromatic rings. The predicted octanol–water partition coefficient (Wildman–Crippen LogP) is 1.27. The van der Waals surface area contributed by atoms with Crippen LogP contribution in [0.2, 0.25) is 0 Å². The summed E-state index contributed by atoms with van der Waals surface area (Å²) in [7, 11) is 0. The van der Waals surface area contributed by atoms with Crippen molar-refractivity contribution in [2.45, 2.75) is 12.8 Å². The zero-order chi connectivity index (χ0) is 14.1. The number of amides is 1. The third kappa shape index (κ3) is 2.88. The van der Waals surface area contributed by atoms with Crippen molar-refractivity contribution in [1.29, 1.82) is 0 Å². The number of hydrogen-bond donors (Lipinski definition) is 2. The molecule has 0 atom stereocenters. The molecule has 0 aromatic heterocycles. The largest absolute Gasteiger partial charge is 0.504 e. The molecule has 2 fully saturated rings. The molecule has 5 heteroatoms. The molecule has 1 saturated heterocycles. The summed E-state index contributed by atoms with van der Waals surface area (Å²) >= 11 is 0. The van der Waals surface area contributed by atoms with E-state index < -0.39 is 0 Å². The zero-order valence-corrected chi connectivity index (χ0v) is 11.5. The standard InChI is InChI=1S/C15H20N2O3/c18-13-4-3-12(9-14(13)19)15(20)17-7-5-16(6-8-17)10-11-1-2-11/h3-4,9,11,18-19H,1-2,5-8,10H2. The Morgan fingerprint density at radius 1 is 1.10 bits per heavy atom. The molecule has 1 heterocycles. The van der Waals surface area contributed by atoms with Gasteiger partial charge in [0.25, 0.3) is 5.91 Å². The number of piperazine rings is 1. The fourth-order valence-corrected chi connectivity index (χ4v) is 2.64. The molecular formula is C15H20N2O3. The molecule has 1 aliphatic carbocycles. The average Bonchev–Trinajstić information content (AvgIpc) is 3.26. The van der Waals surface area contributed by atoms with Crippen LogP contribution in [0, 0.1) is 5.92 Å². The summed E-state index contributed by atoms with van der Waals surface area (Å²) in [5.41, 5.74) is 0.427. The maximum atomic E-state index is 12.3. The van der Waals surface area contributed by atoms with Gasteiger partial charge in [-0.3, -0.25) is 9.69 Å². The zero-order valence-electron chi connectivity index (χ0n) is 11.5. The van der Waals surface area contributed by atoms with E-state index in [9.17, 15) is 15.0 Å². The van der Waals surface area contributed by atoms with Crippen molar-refractivity contribution in [2.24, 2.45) is 5.92 Å². The van der Waals surface area contributed by atoms with Gasteiger partial charge in [0.1, 0.15) is 0 Å². The monoisotopic (exact) mass is 276 g/mol. The van der Waals surface area contributed by atoms with Gasteiger partial charge >= 0.3 is 0 Å². The Kier molecular flexibility index (Phi) is 3.53. The number of rotatable bonds is 3. The number of phenols is 2. The van der Waals surface area contributed by atoms with Crippen LogP contribution in [0.1, 0.15) is 23.2 Å². The first-order valence-electron chi connectivity index (χ1n) is 7.17. The van der Waals surface area contributed by atoms with Gasteiger partial charge in [0.15, 0.2) is 11.5 Å². The molecule has 108 valence electrons. The lowest BCUT2D eigenvalue weighted by molar-refractivity contribution is 0.0631. The predicted molar refractivity (Wildman–Crippen MR) is 74.8 cm³/mol. The van der Waals surface area contributed by atoms with Gasteiger partial charge in [-0.15, -0.1) is 0 Å². The van der Waals surface area contributed by atoms with Crippen molar-refractivity contribution in [3.8, 4) is 11.5 Å². The summed E-state index contributed by atoms with van der Waals surface area (Å²) in [5.74, 6) is 0.358. The molecule has 1 aliphatic heterocycles. The topological polar surface area (TPSA) is 64.0 Å². The first-order chi connectivity index (χ1) is 9.63. The Labute approximate surface area is 118 Å². The molecule has 0 bridgehead atoms. The summed E-state index contributed by atoms with van der Waals surface area (Å²) in [4.78, 5) is 16.6. The van der Waals surface area contributed by atoms with Crippen LogP contribution in [0.15, 0.2) is 18.2 Å². The molecule has 1 saturated carbocycles. The van der Waals surface area contributed by atoms with E-state index in [1.165, 1.54) is 31.5 Å². The maximum absolute atomic E-state index is 12.3. The van der Waals surface area contributed by atoms with Gasteiger partial charge in [0, 0.05) is 38.3 Å². The summed E-state index contributed by atoms with van der Waals surface area (Å²) in [6.45, 7) is 4.47. The van der Waals surface area contributed by atoms with Crippen LogP contribution in [0.25, 0.3) is 0 Å². The van der Waals surface area contributed by atoms with Crippen LogP contribution in [-0.2, 0) is 0 Å². The van der Waals surface area contributed by atoms with Crippen molar-refractivity contribution in [2.75, 3.05) is 32.7 Å². The fourth-order valence-electron chi connectivity index (χ4n) is 2.64. The lowest BCUT2D eigenvalue weighted by Gasteiger charge is -2.34. The molecule has 3 rings (SSSR count). The number of carbonyl (C=O) groups excluding carboxylic acids is 1. The van der Waals surface area contributed by atoms with Crippen LogP contribution in [-0.4, -0.2) is 58.6 Å². The summed E-state index contributed by atoms with van der Waals surface area (Å²) in [5, 5.41) is 18.7. The van der Waals surface area contributed by atoms with E-state index in [1.54, 1.807) is 6.07 Å². The van der Waals surface area contributed by atoms with Gasteiger partial charge in [0.2, 0.25) is 0 Å². The Morgan fingerprint density at radius 2 is 1.80 bits per heavy atom. The number of carbonyl (C=O) groups is 1.